The standard InChI is InChI=1S/C43H72N2O6/c1-28(37(2,3)4)34(48)51-33-16-18-40(8)31(38(33,5)6)15-19-42(10)32(40)14-13-29-30-12-11-17-43(30,21-20-41(29,42)9)36(50)45-24-22-44(23-25-45)35(49)39(7,26-46)27-47/h28-33,46-47H,11-27H2,1-10H3/t28-,29-,30-,31+,32-,33+,40+,41-,42-,43+/m1/s1. The molecule has 0 aromatic carbocycles. The van der Waals surface area contributed by atoms with E-state index in [2.05, 4.69) is 60.3 Å². The van der Waals surface area contributed by atoms with Gasteiger partial charge < -0.3 is 24.7 Å². The molecule has 0 radical (unpaired) electrons. The van der Waals surface area contributed by atoms with Gasteiger partial charge >= 0.3 is 5.97 Å². The Labute approximate surface area is 309 Å². The first-order valence-electron chi connectivity index (χ1n) is 20.7. The van der Waals surface area contributed by atoms with Crippen molar-refractivity contribution in [2.45, 2.75) is 146 Å². The van der Waals surface area contributed by atoms with Crippen LogP contribution in [-0.2, 0) is 19.1 Å². The van der Waals surface area contributed by atoms with Crippen LogP contribution in [0.5, 0.6) is 0 Å². The zero-order chi connectivity index (χ0) is 37.6. The number of carbonyl (C=O) groups excluding carboxylic acids is 3. The molecule has 8 heteroatoms. The molecule has 5 aliphatic carbocycles. The van der Waals surface area contributed by atoms with Crippen LogP contribution in [-0.4, -0.2) is 83.3 Å². The second-order valence-corrected chi connectivity index (χ2v) is 21.2. The number of aliphatic hydroxyl groups is 2. The number of piperazine rings is 1. The van der Waals surface area contributed by atoms with E-state index in [0.29, 0.717) is 55.8 Å². The molecule has 0 bridgehead atoms. The van der Waals surface area contributed by atoms with Crippen LogP contribution in [0.4, 0.5) is 0 Å². The summed E-state index contributed by atoms with van der Waals surface area (Å²) in [7, 11) is 0. The third-order valence-corrected chi connectivity index (χ3v) is 17.7. The number of hydrogen-bond acceptors (Lipinski definition) is 6. The van der Waals surface area contributed by atoms with Crippen LogP contribution in [0, 0.1) is 67.5 Å². The van der Waals surface area contributed by atoms with E-state index in [-0.39, 0.29) is 56.4 Å². The molecule has 51 heavy (non-hydrogen) atoms. The topological polar surface area (TPSA) is 107 Å². The molecular formula is C43H72N2O6. The van der Waals surface area contributed by atoms with Gasteiger partial charge in [-0.3, -0.25) is 14.4 Å². The van der Waals surface area contributed by atoms with Crippen LogP contribution in [0.1, 0.15) is 140 Å². The molecule has 0 spiro atoms. The molecule has 0 aromatic heterocycles. The zero-order valence-electron chi connectivity index (χ0n) is 33.9. The van der Waals surface area contributed by atoms with Gasteiger partial charge in [-0.25, -0.2) is 0 Å². The Morgan fingerprint density at radius 1 is 0.725 bits per heavy atom. The van der Waals surface area contributed by atoms with Crippen LogP contribution < -0.4 is 0 Å². The minimum absolute atomic E-state index is 0.0437. The Balaban J connectivity index is 1.18. The predicted molar refractivity (Wildman–Crippen MR) is 199 cm³/mol. The van der Waals surface area contributed by atoms with Gasteiger partial charge in [-0.15, -0.1) is 0 Å². The van der Waals surface area contributed by atoms with Gasteiger partial charge in [0, 0.05) is 31.6 Å². The van der Waals surface area contributed by atoms with E-state index in [9.17, 15) is 24.6 Å². The number of aliphatic hydroxyl groups excluding tert-OH is 2. The smallest absolute Gasteiger partial charge is 0.309 e. The molecule has 6 fully saturated rings. The highest BCUT2D eigenvalue weighted by Gasteiger charge is 2.71. The predicted octanol–water partition coefficient (Wildman–Crippen LogP) is 7.10. The van der Waals surface area contributed by atoms with Crippen molar-refractivity contribution in [1.29, 1.82) is 0 Å². The van der Waals surface area contributed by atoms with Gasteiger partial charge in [0.05, 0.1) is 30.0 Å². The zero-order valence-corrected chi connectivity index (χ0v) is 33.9. The fourth-order valence-corrected chi connectivity index (χ4v) is 13.7. The molecule has 10 atom stereocenters. The Morgan fingerprint density at radius 2 is 1.35 bits per heavy atom. The lowest BCUT2D eigenvalue weighted by Gasteiger charge is -2.72. The SMILES string of the molecule is C[C@H](C(=O)O[C@H]1CC[C@]2(C)[C@H]3CC[C@@H]4[C@H]5CCC[C@]5(C(=O)N5CCN(C(=O)C(C)(CO)CO)CC5)CC[C@@]4(C)[C@]3(C)CC[C@H]2C1(C)C)C(C)(C)C. The minimum atomic E-state index is -1.19. The molecule has 8 nitrogen and oxygen atoms in total. The molecule has 1 heterocycles. The number of esters is 1. The average molecular weight is 713 g/mol. The van der Waals surface area contributed by atoms with E-state index in [1.54, 1.807) is 11.8 Å². The third-order valence-electron chi connectivity index (χ3n) is 17.7. The lowest BCUT2D eigenvalue weighted by atomic mass is 9.32. The molecule has 6 aliphatic rings. The number of fused-ring (bicyclic) bond motifs is 7. The Bertz CT molecular complexity index is 1360. The van der Waals surface area contributed by atoms with Crippen LogP contribution >= 0.6 is 0 Å². The van der Waals surface area contributed by atoms with E-state index in [1.165, 1.54) is 25.7 Å². The van der Waals surface area contributed by atoms with Crippen LogP contribution in [0.25, 0.3) is 0 Å². The molecule has 2 N–H and O–H groups in total. The first-order chi connectivity index (χ1) is 23.7. The molecule has 0 unspecified atom stereocenters. The Kier molecular flexibility index (Phi) is 9.93. The van der Waals surface area contributed by atoms with Gasteiger partial charge in [-0.2, -0.15) is 0 Å². The number of carbonyl (C=O) groups is 3. The molecular weight excluding hydrogens is 640 g/mol. The van der Waals surface area contributed by atoms with Crippen molar-refractivity contribution < 1.29 is 29.3 Å². The summed E-state index contributed by atoms with van der Waals surface area (Å²) in [4.78, 5) is 45.0. The maximum absolute atomic E-state index is 14.7. The van der Waals surface area contributed by atoms with Gasteiger partial charge in [0.25, 0.3) is 0 Å². The highest BCUT2D eigenvalue weighted by atomic mass is 16.5. The molecule has 1 aliphatic heterocycles. The van der Waals surface area contributed by atoms with Crippen molar-refractivity contribution in [3.63, 3.8) is 0 Å². The lowest BCUT2D eigenvalue weighted by molar-refractivity contribution is -0.249. The summed E-state index contributed by atoms with van der Waals surface area (Å²) in [5.41, 5.74) is -1.09. The largest absolute Gasteiger partial charge is 0.462 e. The summed E-state index contributed by atoms with van der Waals surface area (Å²) in [5, 5.41) is 19.6. The van der Waals surface area contributed by atoms with Gasteiger partial charge in [0.1, 0.15) is 6.10 Å². The van der Waals surface area contributed by atoms with Crippen molar-refractivity contribution >= 4 is 17.8 Å². The summed E-state index contributed by atoms with van der Waals surface area (Å²) < 4.78 is 6.42. The first-order valence-corrected chi connectivity index (χ1v) is 20.7. The number of nitrogens with zero attached hydrogens (tertiary/aromatic N) is 2. The van der Waals surface area contributed by atoms with Crippen molar-refractivity contribution in [3.05, 3.63) is 0 Å². The molecule has 290 valence electrons. The van der Waals surface area contributed by atoms with E-state index in [4.69, 9.17) is 4.74 Å². The minimum Gasteiger partial charge on any atom is -0.462 e. The van der Waals surface area contributed by atoms with Gasteiger partial charge in [-0.05, 0) is 116 Å². The van der Waals surface area contributed by atoms with Crippen LogP contribution in [0.2, 0.25) is 0 Å². The fraction of sp³-hybridized carbons (Fsp3) is 0.930. The summed E-state index contributed by atoms with van der Waals surface area (Å²) in [6.45, 7) is 23.8. The first kappa shape index (κ1) is 39.0. The highest BCUT2D eigenvalue weighted by molar-refractivity contribution is 5.85. The summed E-state index contributed by atoms with van der Waals surface area (Å²) in [5.74, 6) is 1.99. The van der Waals surface area contributed by atoms with E-state index in [0.717, 1.165) is 44.9 Å². The van der Waals surface area contributed by atoms with Crippen molar-refractivity contribution in [2.24, 2.45) is 67.5 Å². The normalized spacial score (nSPS) is 41.5. The third kappa shape index (κ3) is 5.75. The van der Waals surface area contributed by atoms with Gasteiger partial charge in [0.15, 0.2) is 0 Å². The van der Waals surface area contributed by atoms with Crippen LogP contribution in [0.15, 0.2) is 0 Å². The summed E-state index contributed by atoms with van der Waals surface area (Å²) >= 11 is 0. The maximum Gasteiger partial charge on any atom is 0.309 e. The van der Waals surface area contributed by atoms with Gasteiger partial charge in [0.2, 0.25) is 11.8 Å². The average Bonchev–Trinajstić information content (AvgIpc) is 3.53. The van der Waals surface area contributed by atoms with E-state index >= 15 is 0 Å². The van der Waals surface area contributed by atoms with Gasteiger partial charge in [-0.1, -0.05) is 68.7 Å². The van der Waals surface area contributed by atoms with E-state index < -0.39 is 18.6 Å². The van der Waals surface area contributed by atoms with Crippen molar-refractivity contribution in [1.82, 2.24) is 9.80 Å². The Morgan fingerprint density at radius 3 is 1.96 bits per heavy atom. The molecule has 0 aromatic rings. The fourth-order valence-electron chi connectivity index (χ4n) is 13.7. The molecule has 1 saturated heterocycles. The Hall–Kier alpha value is -1.67. The number of ether oxygens (including phenoxy) is 1. The number of hydrogen-bond donors (Lipinski definition) is 2. The molecule has 6 rings (SSSR count). The molecule has 2 amide bonds. The van der Waals surface area contributed by atoms with Crippen molar-refractivity contribution in [2.75, 3.05) is 39.4 Å². The summed E-state index contributed by atoms with van der Waals surface area (Å²) in [6.07, 6.45) is 12.1. The second kappa shape index (κ2) is 13.0. The lowest BCUT2D eigenvalue weighted by Crippen LogP contribution is -2.67. The molecule has 5 saturated carbocycles. The maximum atomic E-state index is 14.7. The number of rotatable bonds is 6. The number of amides is 2. The monoisotopic (exact) mass is 713 g/mol. The van der Waals surface area contributed by atoms with Crippen LogP contribution in [0.3, 0.4) is 0 Å². The second-order valence-electron chi connectivity index (χ2n) is 21.2. The highest BCUT2D eigenvalue weighted by Crippen LogP contribution is 2.77. The van der Waals surface area contributed by atoms with Crippen molar-refractivity contribution in [3.8, 4) is 0 Å². The summed E-state index contributed by atoms with van der Waals surface area (Å²) in [6, 6.07) is 0. The quantitative estimate of drug-likeness (QED) is 0.285. The van der Waals surface area contributed by atoms with E-state index in [1.807, 2.05) is 6.92 Å².